The maximum Gasteiger partial charge on any atom is 0.262 e. The number of fused-ring (bicyclic) bond motifs is 3. The quantitative estimate of drug-likeness (QED) is 0.344. The Morgan fingerprint density at radius 3 is 1.52 bits per heavy atom. The van der Waals surface area contributed by atoms with Gasteiger partial charge in [-0.3, -0.25) is 9.36 Å². The fourth-order valence-electron chi connectivity index (χ4n) is 3.88. The highest BCUT2D eigenvalue weighted by molar-refractivity contribution is 6.16. The van der Waals surface area contributed by atoms with Crippen LogP contribution in [0.4, 0.5) is 0 Å². The fourth-order valence-corrected chi connectivity index (χ4v) is 3.88. The molecule has 0 radical (unpaired) electrons. The molecule has 0 unspecified atom stereocenters. The third kappa shape index (κ3) is 3.37. The SMILES string of the molecule is CC(C)(C)c1ccc2c3ccc(C(C)(C)C)cc3n(C(=O)c3ccccc3)c2c1. The maximum atomic E-state index is 13.6. The van der Waals surface area contributed by atoms with Crippen LogP contribution < -0.4 is 0 Å². The summed E-state index contributed by atoms with van der Waals surface area (Å²) in [5, 5.41) is 2.25. The van der Waals surface area contributed by atoms with E-state index in [2.05, 4.69) is 77.9 Å². The molecule has 0 fully saturated rings. The molecule has 0 saturated carbocycles. The Hall–Kier alpha value is -2.87. The minimum atomic E-state index is 0.0157. The van der Waals surface area contributed by atoms with Crippen LogP contribution >= 0.6 is 0 Å². The summed E-state index contributed by atoms with van der Waals surface area (Å²) in [4.78, 5) is 13.6. The highest BCUT2D eigenvalue weighted by Crippen LogP contribution is 2.35. The first-order valence-corrected chi connectivity index (χ1v) is 10.3. The molecule has 1 heterocycles. The number of carbonyl (C=O) groups is 1. The van der Waals surface area contributed by atoms with Gasteiger partial charge in [-0.2, -0.15) is 0 Å². The molecule has 148 valence electrons. The zero-order valence-corrected chi connectivity index (χ0v) is 18.2. The fraction of sp³-hybridized carbons (Fsp3) is 0.296. The van der Waals surface area contributed by atoms with Crippen LogP contribution in [-0.4, -0.2) is 10.5 Å². The van der Waals surface area contributed by atoms with Gasteiger partial charge in [0, 0.05) is 16.3 Å². The average Bonchev–Trinajstić information content (AvgIpc) is 2.99. The third-order valence-electron chi connectivity index (χ3n) is 5.72. The Morgan fingerprint density at radius 2 is 1.10 bits per heavy atom. The zero-order valence-electron chi connectivity index (χ0n) is 18.2. The topological polar surface area (TPSA) is 22.0 Å². The second-order valence-electron chi connectivity index (χ2n) is 9.97. The minimum Gasteiger partial charge on any atom is -0.276 e. The van der Waals surface area contributed by atoms with Crippen molar-refractivity contribution in [2.45, 2.75) is 52.4 Å². The van der Waals surface area contributed by atoms with Gasteiger partial charge in [0.2, 0.25) is 0 Å². The monoisotopic (exact) mass is 383 g/mol. The molecule has 0 aliphatic carbocycles. The van der Waals surface area contributed by atoms with E-state index in [9.17, 15) is 4.79 Å². The van der Waals surface area contributed by atoms with Crippen molar-refractivity contribution < 1.29 is 4.79 Å². The van der Waals surface area contributed by atoms with Gasteiger partial charge >= 0.3 is 0 Å². The second kappa shape index (κ2) is 6.59. The highest BCUT2D eigenvalue weighted by atomic mass is 16.2. The van der Waals surface area contributed by atoms with Crippen LogP contribution in [0.25, 0.3) is 21.8 Å². The number of nitrogens with zero attached hydrogens (tertiary/aromatic N) is 1. The van der Waals surface area contributed by atoms with E-state index in [0.717, 1.165) is 21.8 Å². The maximum absolute atomic E-state index is 13.6. The Morgan fingerprint density at radius 1 is 0.655 bits per heavy atom. The molecule has 0 amide bonds. The van der Waals surface area contributed by atoms with E-state index in [4.69, 9.17) is 0 Å². The van der Waals surface area contributed by atoms with Gasteiger partial charge in [0.15, 0.2) is 0 Å². The first-order chi connectivity index (χ1) is 13.6. The van der Waals surface area contributed by atoms with Crippen molar-refractivity contribution >= 4 is 27.7 Å². The van der Waals surface area contributed by atoms with Crippen molar-refractivity contribution in [3.05, 3.63) is 83.4 Å². The van der Waals surface area contributed by atoms with Crippen LogP contribution in [0, 0.1) is 0 Å². The number of hydrogen-bond donors (Lipinski definition) is 0. The smallest absolute Gasteiger partial charge is 0.262 e. The van der Waals surface area contributed by atoms with Crippen molar-refractivity contribution in [1.82, 2.24) is 4.57 Å². The van der Waals surface area contributed by atoms with Gasteiger partial charge < -0.3 is 0 Å². The summed E-state index contributed by atoms with van der Waals surface area (Å²) in [6, 6.07) is 22.7. The number of hydrogen-bond acceptors (Lipinski definition) is 1. The van der Waals surface area contributed by atoms with Crippen molar-refractivity contribution in [3.8, 4) is 0 Å². The molecule has 2 nitrogen and oxygen atoms in total. The van der Waals surface area contributed by atoms with E-state index in [-0.39, 0.29) is 16.7 Å². The van der Waals surface area contributed by atoms with Crippen molar-refractivity contribution in [2.75, 3.05) is 0 Å². The standard InChI is InChI=1S/C27H29NO/c1-26(2,3)19-12-14-21-22-15-13-20(27(4,5)6)17-24(22)28(23(21)16-19)25(29)18-10-8-7-9-11-18/h7-17H,1-6H3. The summed E-state index contributed by atoms with van der Waals surface area (Å²) in [6.07, 6.45) is 0. The molecule has 1 aromatic heterocycles. The van der Waals surface area contributed by atoms with E-state index in [1.807, 2.05) is 34.9 Å². The van der Waals surface area contributed by atoms with Crippen LogP contribution in [0.5, 0.6) is 0 Å². The van der Waals surface area contributed by atoms with E-state index in [1.54, 1.807) is 0 Å². The van der Waals surface area contributed by atoms with Crippen LogP contribution in [0.15, 0.2) is 66.7 Å². The first kappa shape index (κ1) is 19.4. The molecule has 0 bridgehead atoms. The molecular weight excluding hydrogens is 354 g/mol. The zero-order chi connectivity index (χ0) is 21.0. The molecule has 4 rings (SSSR count). The van der Waals surface area contributed by atoms with Gasteiger partial charge in [-0.05, 0) is 46.2 Å². The number of carbonyl (C=O) groups excluding carboxylic acids is 1. The normalized spacial score (nSPS) is 12.6. The van der Waals surface area contributed by atoms with Crippen molar-refractivity contribution in [2.24, 2.45) is 0 Å². The third-order valence-corrected chi connectivity index (χ3v) is 5.72. The van der Waals surface area contributed by atoms with E-state index in [1.165, 1.54) is 11.1 Å². The lowest BCUT2D eigenvalue weighted by molar-refractivity contribution is 0.0969. The predicted molar refractivity (Wildman–Crippen MR) is 123 cm³/mol. The summed E-state index contributed by atoms with van der Waals surface area (Å²) in [5.74, 6) is 0.0164. The summed E-state index contributed by atoms with van der Waals surface area (Å²) in [5.41, 5.74) is 5.15. The molecule has 2 heteroatoms. The molecule has 4 aromatic rings. The van der Waals surface area contributed by atoms with Crippen LogP contribution in [0.3, 0.4) is 0 Å². The van der Waals surface area contributed by atoms with Crippen LogP contribution in [0.1, 0.15) is 63.0 Å². The van der Waals surface area contributed by atoms with Gasteiger partial charge in [-0.1, -0.05) is 84.0 Å². The Labute approximate surface area is 173 Å². The van der Waals surface area contributed by atoms with Crippen molar-refractivity contribution in [1.29, 1.82) is 0 Å². The largest absolute Gasteiger partial charge is 0.276 e. The molecule has 0 saturated heterocycles. The van der Waals surface area contributed by atoms with E-state index >= 15 is 0 Å². The number of benzene rings is 3. The average molecular weight is 384 g/mol. The van der Waals surface area contributed by atoms with E-state index in [0.29, 0.717) is 5.56 Å². The summed E-state index contributed by atoms with van der Waals surface area (Å²) in [6.45, 7) is 13.2. The number of aromatic nitrogens is 1. The van der Waals surface area contributed by atoms with Gasteiger partial charge in [0.1, 0.15) is 0 Å². The molecule has 0 aliphatic heterocycles. The molecule has 0 aliphatic rings. The first-order valence-electron chi connectivity index (χ1n) is 10.3. The molecule has 0 atom stereocenters. The number of rotatable bonds is 1. The molecule has 0 N–H and O–H groups in total. The summed E-state index contributed by atoms with van der Waals surface area (Å²) in [7, 11) is 0. The summed E-state index contributed by atoms with van der Waals surface area (Å²) >= 11 is 0. The lowest BCUT2D eigenvalue weighted by Gasteiger charge is -2.19. The van der Waals surface area contributed by atoms with Gasteiger partial charge in [-0.15, -0.1) is 0 Å². The summed E-state index contributed by atoms with van der Waals surface area (Å²) < 4.78 is 1.91. The Kier molecular flexibility index (Phi) is 4.42. The second-order valence-corrected chi connectivity index (χ2v) is 9.97. The Balaban J connectivity index is 2.10. The Bertz CT molecular complexity index is 1140. The highest BCUT2D eigenvalue weighted by Gasteiger charge is 2.22. The van der Waals surface area contributed by atoms with Gasteiger partial charge in [0.05, 0.1) is 11.0 Å². The minimum absolute atomic E-state index is 0.0157. The predicted octanol–water partition coefficient (Wildman–Crippen LogP) is 7.08. The molecule has 0 spiro atoms. The van der Waals surface area contributed by atoms with Crippen LogP contribution in [-0.2, 0) is 10.8 Å². The van der Waals surface area contributed by atoms with E-state index < -0.39 is 0 Å². The van der Waals surface area contributed by atoms with Gasteiger partial charge in [0.25, 0.3) is 5.91 Å². The molecule has 3 aromatic carbocycles. The lowest BCUT2D eigenvalue weighted by atomic mass is 9.86. The molecule has 29 heavy (non-hydrogen) atoms. The van der Waals surface area contributed by atoms with Gasteiger partial charge in [-0.25, -0.2) is 0 Å². The van der Waals surface area contributed by atoms with Crippen molar-refractivity contribution in [3.63, 3.8) is 0 Å². The lowest BCUT2D eigenvalue weighted by Crippen LogP contribution is -2.15. The molecular formula is C27H29NO. The van der Waals surface area contributed by atoms with Crippen LogP contribution in [0.2, 0.25) is 0 Å².